The Bertz CT molecular complexity index is 736. The molecule has 0 aliphatic heterocycles. The molecule has 1 N–H and O–H groups in total. The van der Waals surface area contributed by atoms with Crippen LogP contribution in [-0.2, 0) is 17.6 Å². The maximum absolute atomic E-state index is 12.5. The zero-order valence-electron chi connectivity index (χ0n) is 15.3. The molecular formula is C22H27NO2. The lowest BCUT2D eigenvalue weighted by Gasteiger charge is -2.21. The monoisotopic (exact) mass is 337 g/mol. The summed E-state index contributed by atoms with van der Waals surface area (Å²) in [5.74, 6) is 0.625. The average Bonchev–Trinajstić information content (AvgIpc) is 2.63. The van der Waals surface area contributed by atoms with Gasteiger partial charge in [0.1, 0.15) is 5.75 Å². The van der Waals surface area contributed by atoms with Crippen LogP contribution in [0.4, 0.5) is 0 Å². The number of hydrogen-bond acceptors (Lipinski definition) is 2. The van der Waals surface area contributed by atoms with Gasteiger partial charge >= 0.3 is 0 Å². The molecule has 2 atom stereocenters. The number of hydrogen-bond donors (Lipinski definition) is 1. The van der Waals surface area contributed by atoms with E-state index in [1.165, 1.54) is 36.0 Å². The fourth-order valence-corrected chi connectivity index (χ4v) is 3.31. The highest BCUT2D eigenvalue weighted by atomic mass is 16.5. The summed E-state index contributed by atoms with van der Waals surface area (Å²) in [5.41, 5.74) is 5.24. The lowest BCUT2D eigenvalue weighted by molar-refractivity contribution is -0.127. The molecule has 132 valence electrons. The van der Waals surface area contributed by atoms with Crippen molar-refractivity contribution in [2.24, 2.45) is 0 Å². The third-order valence-electron chi connectivity index (χ3n) is 4.93. The fourth-order valence-electron chi connectivity index (χ4n) is 3.31. The average molecular weight is 337 g/mol. The lowest BCUT2D eigenvalue weighted by atomic mass is 9.89. The molecule has 0 saturated heterocycles. The number of fused-ring (bicyclic) bond motifs is 1. The quantitative estimate of drug-likeness (QED) is 0.871. The van der Waals surface area contributed by atoms with E-state index in [0.717, 1.165) is 17.7 Å². The van der Waals surface area contributed by atoms with E-state index >= 15 is 0 Å². The molecule has 3 nitrogen and oxygen atoms in total. The van der Waals surface area contributed by atoms with Gasteiger partial charge in [-0.2, -0.15) is 0 Å². The van der Waals surface area contributed by atoms with Gasteiger partial charge in [0.15, 0.2) is 6.10 Å². The van der Waals surface area contributed by atoms with Crippen molar-refractivity contribution in [2.75, 3.05) is 0 Å². The van der Waals surface area contributed by atoms with Crippen LogP contribution < -0.4 is 10.1 Å². The number of aryl methyl sites for hydroxylation is 3. The molecule has 0 aromatic heterocycles. The molecule has 0 fully saturated rings. The van der Waals surface area contributed by atoms with Crippen molar-refractivity contribution >= 4 is 5.91 Å². The largest absolute Gasteiger partial charge is 0.481 e. The zero-order valence-corrected chi connectivity index (χ0v) is 15.3. The van der Waals surface area contributed by atoms with E-state index in [1.807, 2.05) is 38.1 Å². The number of carbonyl (C=O) groups excluding carboxylic acids is 1. The van der Waals surface area contributed by atoms with E-state index in [-0.39, 0.29) is 11.9 Å². The molecule has 2 aromatic carbocycles. The van der Waals surface area contributed by atoms with E-state index in [1.54, 1.807) is 6.92 Å². The predicted molar refractivity (Wildman–Crippen MR) is 101 cm³/mol. The fraction of sp³-hybridized carbons (Fsp3) is 0.409. The molecule has 1 amide bonds. The summed E-state index contributed by atoms with van der Waals surface area (Å²) in [6.45, 7) is 5.84. The Morgan fingerprint density at radius 3 is 2.40 bits per heavy atom. The van der Waals surface area contributed by atoms with Gasteiger partial charge in [-0.25, -0.2) is 0 Å². The van der Waals surface area contributed by atoms with E-state index < -0.39 is 6.10 Å². The summed E-state index contributed by atoms with van der Waals surface area (Å²) >= 11 is 0. The lowest BCUT2D eigenvalue weighted by Crippen LogP contribution is -2.37. The molecule has 0 bridgehead atoms. The van der Waals surface area contributed by atoms with Crippen molar-refractivity contribution in [1.29, 1.82) is 0 Å². The van der Waals surface area contributed by atoms with Crippen LogP contribution in [0.15, 0.2) is 42.5 Å². The molecule has 0 saturated carbocycles. The van der Waals surface area contributed by atoms with Crippen molar-refractivity contribution in [3.8, 4) is 5.75 Å². The molecule has 3 heteroatoms. The Labute approximate surface area is 150 Å². The standard InChI is InChI=1S/C22H27NO2/c1-15-8-12-21(13-9-15)25-17(3)22(24)23-16(2)19-11-10-18-6-4-5-7-20(18)14-19/h8-14,16-17H,4-7H2,1-3H3,(H,23,24). The first-order chi connectivity index (χ1) is 12.0. The van der Waals surface area contributed by atoms with Gasteiger partial charge in [0.25, 0.3) is 5.91 Å². The van der Waals surface area contributed by atoms with Crippen molar-refractivity contribution in [3.63, 3.8) is 0 Å². The molecule has 25 heavy (non-hydrogen) atoms. The van der Waals surface area contributed by atoms with Crippen molar-refractivity contribution < 1.29 is 9.53 Å². The van der Waals surface area contributed by atoms with Crippen LogP contribution in [-0.4, -0.2) is 12.0 Å². The first-order valence-corrected chi connectivity index (χ1v) is 9.18. The van der Waals surface area contributed by atoms with Crippen LogP contribution in [0.3, 0.4) is 0 Å². The van der Waals surface area contributed by atoms with Gasteiger partial charge in [0.2, 0.25) is 0 Å². The number of nitrogens with one attached hydrogen (secondary N) is 1. The first-order valence-electron chi connectivity index (χ1n) is 9.18. The zero-order chi connectivity index (χ0) is 17.8. The summed E-state index contributed by atoms with van der Waals surface area (Å²) in [5, 5.41) is 3.07. The minimum Gasteiger partial charge on any atom is -0.481 e. The van der Waals surface area contributed by atoms with Crippen LogP contribution in [0.5, 0.6) is 5.75 Å². The summed E-state index contributed by atoms with van der Waals surface area (Å²) < 4.78 is 5.75. The first kappa shape index (κ1) is 17.5. The highest BCUT2D eigenvalue weighted by Gasteiger charge is 2.19. The molecule has 2 aromatic rings. The number of rotatable bonds is 5. The Kier molecular flexibility index (Phi) is 5.42. The van der Waals surface area contributed by atoms with Gasteiger partial charge in [-0.3, -0.25) is 4.79 Å². The van der Waals surface area contributed by atoms with Crippen molar-refractivity contribution in [1.82, 2.24) is 5.32 Å². The number of ether oxygens (including phenoxy) is 1. The van der Waals surface area contributed by atoms with Gasteiger partial charge in [-0.1, -0.05) is 35.9 Å². The van der Waals surface area contributed by atoms with E-state index in [0.29, 0.717) is 0 Å². The third-order valence-corrected chi connectivity index (χ3v) is 4.93. The topological polar surface area (TPSA) is 38.3 Å². The Morgan fingerprint density at radius 1 is 1.00 bits per heavy atom. The summed E-state index contributed by atoms with van der Waals surface area (Å²) in [6, 6.07) is 14.3. The highest BCUT2D eigenvalue weighted by Crippen LogP contribution is 2.25. The van der Waals surface area contributed by atoms with Gasteiger partial charge in [0, 0.05) is 0 Å². The van der Waals surface area contributed by atoms with E-state index in [4.69, 9.17) is 4.74 Å². The summed E-state index contributed by atoms with van der Waals surface area (Å²) in [7, 11) is 0. The van der Waals surface area contributed by atoms with Crippen LogP contribution in [0, 0.1) is 6.92 Å². The Balaban J connectivity index is 1.60. The summed E-state index contributed by atoms with van der Waals surface area (Å²) in [4.78, 5) is 12.5. The second-order valence-electron chi connectivity index (χ2n) is 7.04. The van der Waals surface area contributed by atoms with E-state index in [9.17, 15) is 4.79 Å². The molecule has 2 unspecified atom stereocenters. The maximum atomic E-state index is 12.5. The van der Waals surface area contributed by atoms with Crippen molar-refractivity contribution in [3.05, 3.63) is 64.7 Å². The SMILES string of the molecule is Cc1ccc(OC(C)C(=O)NC(C)c2ccc3c(c2)CCCC3)cc1. The van der Waals surface area contributed by atoms with Gasteiger partial charge in [-0.05, 0) is 75.3 Å². The minimum absolute atomic E-state index is 0.0243. The Morgan fingerprint density at radius 2 is 1.68 bits per heavy atom. The van der Waals surface area contributed by atoms with Gasteiger partial charge in [0.05, 0.1) is 6.04 Å². The number of amides is 1. The number of carbonyl (C=O) groups is 1. The second-order valence-corrected chi connectivity index (χ2v) is 7.04. The van der Waals surface area contributed by atoms with Crippen LogP contribution in [0.1, 0.15) is 55.0 Å². The van der Waals surface area contributed by atoms with Gasteiger partial charge in [-0.15, -0.1) is 0 Å². The minimum atomic E-state index is -0.525. The smallest absolute Gasteiger partial charge is 0.261 e. The third kappa shape index (κ3) is 4.41. The second kappa shape index (κ2) is 7.73. The number of benzene rings is 2. The van der Waals surface area contributed by atoms with Gasteiger partial charge < -0.3 is 10.1 Å². The molecule has 0 heterocycles. The predicted octanol–water partition coefficient (Wildman–Crippen LogP) is 4.52. The van der Waals surface area contributed by atoms with E-state index in [2.05, 4.69) is 23.5 Å². The maximum Gasteiger partial charge on any atom is 0.261 e. The molecule has 0 radical (unpaired) electrons. The van der Waals surface area contributed by atoms with Crippen LogP contribution in [0.25, 0.3) is 0 Å². The Hall–Kier alpha value is -2.29. The van der Waals surface area contributed by atoms with Crippen molar-refractivity contribution in [2.45, 2.75) is 58.6 Å². The highest BCUT2D eigenvalue weighted by molar-refractivity contribution is 5.81. The normalized spacial score (nSPS) is 15.8. The molecule has 1 aliphatic rings. The summed E-state index contributed by atoms with van der Waals surface area (Å²) in [6.07, 6.45) is 4.35. The van der Waals surface area contributed by atoms with Crippen LogP contribution in [0.2, 0.25) is 0 Å². The molecule has 3 rings (SSSR count). The van der Waals surface area contributed by atoms with Crippen LogP contribution >= 0.6 is 0 Å². The molecule has 0 spiro atoms. The molecule has 1 aliphatic carbocycles. The molecular weight excluding hydrogens is 310 g/mol.